The number of aromatic amines is 1. The highest BCUT2D eigenvalue weighted by Gasteiger charge is 2.25. The fraction of sp³-hybridized carbons (Fsp3) is 0.480. The number of hydrogen-bond acceptors (Lipinski definition) is 5. The van der Waals surface area contributed by atoms with Crippen molar-refractivity contribution in [3.63, 3.8) is 0 Å². The van der Waals surface area contributed by atoms with Crippen LogP contribution in [0, 0.1) is 20.8 Å². The van der Waals surface area contributed by atoms with Crippen molar-refractivity contribution < 1.29 is 14.3 Å². The SMILES string of the molecule is CCN(c1cc(C(C)=O)cc(C(=O)NCc2c(C)cc(C)[nH]c2=O)c1C)C1CCOCC1. The Hall–Kier alpha value is -2.93. The largest absolute Gasteiger partial charge is 0.381 e. The molecule has 1 aromatic carbocycles. The van der Waals surface area contributed by atoms with Crippen LogP contribution in [0.1, 0.15) is 69.8 Å². The number of H-pyrrole nitrogens is 1. The highest BCUT2D eigenvalue weighted by atomic mass is 16.5. The van der Waals surface area contributed by atoms with Gasteiger partial charge in [0.1, 0.15) is 0 Å². The monoisotopic (exact) mass is 439 g/mol. The highest BCUT2D eigenvalue weighted by molar-refractivity contribution is 6.02. The lowest BCUT2D eigenvalue weighted by molar-refractivity contribution is 0.0845. The third-order valence-electron chi connectivity index (χ3n) is 6.23. The number of carbonyl (C=O) groups excluding carboxylic acids is 2. The standard InChI is InChI=1S/C25H33N3O4/c1-6-28(20-7-9-32-10-8-20)23-13-19(18(5)29)12-21(17(23)4)24(30)26-14-22-15(2)11-16(3)27-25(22)31/h11-13,20H,6-10,14H2,1-5H3,(H,26,30)(H,27,31). The van der Waals surface area contributed by atoms with Crippen molar-refractivity contribution in [2.75, 3.05) is 24.7 Å². The average molecular weight is 440 g/mol. The van der Waals surface area contributed by atoms with Crippen molar-refractivity contribution in [2.45, 2.75) is 60.0 Å². The Kier molecular flexibility index (Phi) is 7.51. The van der Waals surface area contributed by atoms with Gasteiger partial charge >= 0.3 is 0 Å². The third-order valence-corrected chi connectivity index (χ3v) is 6.23. The van der Waals surface area contributed by atoms with Gasteiger partial charge in [0, 0.05) is 60.4 Å². The summed E-state index contributed by atoms with van der Waals surface area (Å²) in [6.45, 7) is 11.5. The van der Waals surface area contributed by atoms with Gasteiger partial charge in [-0.3, -0.25) is 14.4 Å². The first-order chi connectivity index (χ1) is 15.2. The molecule has 172 valence electrons. The molecule has 0 unspecified atom stereocenters. The minimum absolute atomic E-state index is 0.0887. The molecule has 1 amide bonds. The van der Waals surface area contributed by atoms with E-state index in [0.717, 1.165) is 41.9 Å². The van der Waals surface area contributed by atoms with Gasteiger partial charge in [0.25, 0.3) is 11.5 Å². The average Bonchev–Trinajstić information content (AvgIpc) is 2.75. The Morgan fingerprint density at radius 3 is 2.44 bits per heavy atom. The molecule has 0 spiro atoms. The maximum Gasteiger partial charge on any atom is 0.253 e. The number of ketones is 1. The van der Waals surface area contributed by atoms with E-state index in [4.69, 9.17) is 4.74 Å². The molecule has 7 heteroatoms. The Morgan fingerprint density at radius 1 is 1.16 bits per heavy atom. The Morgan fingerprint density at radius 2 is 1.84 bits per heavy atom. The van der Waals surface area contributed by atoms with Crippen molar-refractivity contribution in [3.8, 4) is 0 Å². The van der Waals surface area contributed by atoms with Crippen molar-refractivity contribution in [1.82, 2.24) is 10.3 Å². The minimum atomic E-state index is -0.297. The van der Waals surface area contributed by atoms with Crippen LogP contribution in [0.25, 0.3) is 0 Å². The van der Waals surface area contributed by atoms with E-state index >= 15 is 0 Å². The predicted octanol–water partition coefficient (Wildman–Crippen LogP) is 3.44. The van der Waals surface area contributed by atoms with E-state index < -0.39 is 0 Å². The number of aromatic nitrogens is 1. The molecule has 2 heterocycles. The molecule has 0 saturated carbocycles. The maximum absolute atomic E-state index is 13.2. The van der Waals surface area contributed by atoms with E-state index in [1.54, 1.807) is 6.07 Å². The van der Waals surface area contributed by atoms with Crippen molar-refractivity contribution in [3.05, 3.63) is 62.1 Å². The van der Waals surface area contributed by atoms with Crippen LogP contribution in [0.15, 0.2) is 23.0 Å². The molecule has 0 bridgehead atoms. The summed E-state index contributed by atoms with van der Waals surface area (Å²) in [5, 5.41) is 2.88. The van der Waals surface area contributed by atoms with Gasteiger partial charge < -0.3 is 19.9 Å². The van der Waals surface area contributed by atoms with E-state index in [2.05, 4.69) is 22.1 Å². The second-order valence-electron chi connectivity index (χ2n) is 8.48. The first kappa shape index (κ1) is 23.7. The van der Waals surface area contributed by atoms with Crippen molar-refractivity contribution in [1.29, 1.82) is 0 Å². The molecule has 0 atom stereocenters. The summed E-state index contributed by atoms with van der Waals surface area (Å²) in [6.07, 6.45) is 1.82. The normalized spacial score (nSPS) is 14.3. The molecule has 1 aliphatic heterocycles. The van der Waals surface area contributed by atoms with E-state index in [0.29, 0.717) is 35.9 Å². The topological polar surface area (TPSA) is 91.5 Å². The molecule has 2 aromatic rings. The lowest BCUT2D eigenvalue weighted by atomic mass is 9.97. The van der Waals surface area contributed by atoms with Gasteiger partial charge in [-0.15, -0.1) is 0 Å². The fourth-order valence-corrected chi connectivity index (χ4v) is 4.42. The summed E-state index contributed by atoms with van der Waals surface area (Å²) in [6, 6.07) is 5.73. The molecule has 0 radical (unpaired) electrons. The van der Waals surface area contributed by atoms with Crippen molar-refractivity contribution in [2.24, 2.45) is 0 Å². The number of nitrogens with zero attached hydrogens (tertiary/aromatic N) is 1. The number of benzene rings is 1. The van der Waals surface area contributed by atoms with Crippen LogP contribution in [0.2, 0.25) is 0 Å². The van der Waals surface area contributed by atoms with Gasteiger partial charge in [-0.1, -0.05) is 0 Å². The fourth-order valence-electron chi connectivity index (χ4n) is 4.42. The van der Waals surface area contributed by atoms with E-state index in [-0.39, 0.29) is 23.8 Å². The zero-order valence-electron chi connectivity index (χ0n) is 19.6. The molecular formula is C25H33N3O4. The van der Waals surface area contributed by atoms with Crippen LogP contribution < -0.4 is 15.8 Å². The molecule has 1 aliphatic rings. The summed E-state index contributed by atoms with van der Waals surface area (Å²) in [5.74, 6) is -0.386. The molecular weight excluding hydrogens is 406 g/mol. The molecule has 1 fully saturated rings. The van der Waals surface area contributed by atoms with Gasteiger partial charge in [0.2, 0.25) is 0 Å². The molecule has 7 nitrogen and oxygen atoms in total. The molecule has 0 aliphatic carbocycles. The predicted molar refractivity (Wildman–Crippen MR) is 126 cm³/mol. The summed E-state index contributed by atoms with van der Waals surface area (Å²) in [5.41, 5.74) is 4.64. The van der Waals surface area contributed by atoms with Gasteiger partial charge in [-0.25, -0.2) is 0 Å². The summed E-state index contributed by atoms with van der Waals surface area (Å²) in [7, 11) is 0. The Labute approximate surface area is 189 Å². The van der Waals surface area contributed by atoms with Gasteiger partial charge in [0.15, 0.2) is 5.78 Å². The summed E-state index contributed by atoms with van der Waals surface area (Å²) < 4.78 is 5.51. The molecule has 1 aromatic heterocycles. The lowest BCUT2D eigenvalue weighted by Gasteiger charge is -2.36. The number of Topliss-reactive ketones (excluding diaryl/α,β-unsaturated/α-hetero) is 1. The third kappa shape index (κ3) is 5.10. The number of hydrogen-bond donors (Lipinski definition) is 2. The van der Waals surface area contributed by atoms with E-state index in [1.807, 2.05) is 32.9 Å². The van der Waals surface area contributed by atoms with Gasteiger partial charge in [-0.05, 0) is 76.8 Å². The summed E-state index contributed by atoms with van der Waals surface area (Å²) >= 11 is 0. The molecule has 1 saturated heterocycles. The maximum atomic E-state index is 13.2. The molecule has 3 rings (SSSR count). The first-order valence-corrected chi connectivity index (χ1v) is 11.2. The second kappa shape index (κ2) is 10.1. The van der Waals surface area contributed by atoms with Crippen LogP contribution >= 0.6 is 0 Å². The summed E-state index contributed by atoms with van der Waals surface area (Å²) in [4.78, 5) is 42.8. The second-order valence-corrected chi connectivity index (χ2v) is 8.48. The van der Waals surface area contributed by atoms with Crippen LogP contribution in [0.3, 0.4) is 0 Å². The minimum Gasteiger partial charge on any atom is -0.381 e. The number of amides is 1. The van der Waals surface area contributed by atoms with Crippen LogP contribution in [-0.4, -0.2) is 42.5 Å². The number of nitrogens with one attached hydrogen (secondary N) is 2. The van der Waals surface area contributed by atoms with Crippen LogP contribution in [-0.2, 0) is 11.3 Å². The number of anilines is 1. The quantitative estimate of drug-likeness (QED) is 0.645. The first-order valence-electron chi connectivity index (χ1n) is 11.2. The number of aryl methyl sites for hydroxylation is 2. The van der Waals surface area contributed by atoms with Gasteiger partial charge in [0.05, 0.1) is 0 Å². The Balaban J connectivity index is 1.94. The number of pyridine rings is 1. The zero-order chi connectivity index (χ0) is 23.4. The van der Waals surface area contributed by atoms with Crippen molar-refractivity contribution >= 4 is 17.4 Å². The molecule has 32 heavy (non-hydrogen) atoms. The van der Waals surface area contributed by atoms with E-state index in [9.17, 15) is 14.4 Å². The van der Waals surface area contributed by atoms with Gasteiger partial charge in [-0.2, -0.15) is 0 Å². The zero-order valence-corrected chi connectivity index (χ0v) is 19.6. The van der Waals surface area contributed by atoms with Crippen LogP contribution in [0.5, 0.6) is 0 Å². The number of carbonyl (C=O) groups is 2. The van der Waals surface area contributed by atoms with Crippen LogP contribution in [0.4, 0.5) is 5.69 Å². The molecule has 2 N–H and O–H groups in total. The lowest BCUT2D eigenvalue weighted by Crippen LogP contribution is -2.40. The van der Waals surface area contributed by atoms with E-state index in [1.165, 1.54) is 6.92 Å². The number of ether oxygens (including phenoxy) is 1. The smallest absolute Gasteiger partial charge is 0.253 e. The Bertz CT molecular complexity index is 1070. The highest BCUT2D eigenvalue weighted by Crippen LogP contribution is 2.30. The number of rotatable bonds is 7.